The van der Waals surface area contributed by atoms with Gasteiger partial charge in [0, 0.05) is 5.69 Å². The van der Waals surface area contributed by atoms with Crippen LogP contribution in [0, 0.1) is 11.3 Å². The van der Waals surface area contributed by atoms with Crippen molar-refractivity contribution in [3.8, 4) is 6.07 Å². The maximum absolute atomic E-state index is 12.1. The Kier molecular flexibility index (Phi) is 6.52. The Labute approximate surface area is 151 Å². The van der Waals surface area contributed by atoms with E-state index in [0.29, 0.717) is 11.3 Å². The number of aliphatic hydroxyl groups is 1. The standard InChI is InChI=1S/C20H18N2O4/c1-2-26-20(25)19(24)17(13-21)15-8-10-16(11-9-15)22-18(23)12-14-6-4-3-5-7-14/h3-11,24H,2,12H2,1H3,(H,22,23). The van der Waals surface area contributed by atoms with Gasteiger partial charge >= 0.3 is 5.97 Å². The monoisotopic (exact) mass is 350 g/mol. The van der Waals surface area contributed by atoms with Gasteiger partial charge in [0.2, 0.25) is 11.7 Å². The first kappa shape index (κ1) is 18.7. The number of allylic oxidation sites excluding steroid dienone is 1. The van der Waals surface area contributed by atoms with E-state index in [1.165, 1.54) is 12.1 Å². The van der Waals surface area contributed by atoms with E-state index < -0.39 is 11.7 Å². The fourth-order valence-corrected chi connectivity index (χ4v) is 2.26. The van der Waals surface area contributed by atoms with E-state index >= 15 is 0 Å². The molecular weight excluding hydrogens is 332 g/mol. The summed E-state index contributed by atoms with van der Waals surface area (Å²) in [7, 11) is 0. The number of esters is 1. The minimum absolute atomic E-state index is 0.0913. The van der Waals surface area contributed by atoms with Crippen LogP contribution in [-0.2, 0) is 20.7 Å². The highest BCUT2D eigenvalue weighted by Gasteiger charge is 2.17. The van der Waals surface area contributed by atoms with Gasteiger partial charge in [0.05, 0.1) is 13.0 Å². The number of anilines is 1. The van der Waals surface area contributed by atoms with E-state index in [4.69, 9.17) is 0 Å². The van der Waals surface area contributed by atoms with Crippen molar-refractivity contribution in [1.82, 2.24) is 0 Å². The molecule has 0 unspecified atom stereocenters. The third-order valence-electron chi connectivity index (χ3n) is 3.48. The van der Waals surface area contributed by atoms with Crippen LogP contribution >= 0.6 is 0 Å². The molecule has 0 atom stereocenters. The van der Waals surface area contributed by atoms with Crippen molar-refractivity contribution < 1.29 is 19.4 Å². The molecule has 6 nitrogen and oxygen atoms in total. The number of nitriles is 1. The molecule has 0 saturated heterocycles. The van der Waals surface area contributed by atoms with Crippen LogP contribution in [0.15, 0.2) is 60.4 Å². The molecule has 2 rings (SSSR count). The Balaban J connectivity index is 2.10. The summed E-state index contributed by atoms with van der Waals surface area (Å²) in [6.45, 7) is 1.69. The van der Waals surface area contributed by atoms with Crippen LogP contribution in [0.2, 0.25) is 0 Å². The van der Waals surface area contributed by atoms with Crippen LogP contribution in [0.1, 0.15) is 18.1 Å². The summed E-state index contributed by atoms with van der Waals surface area (Å²) in [5.41, 5.74) is 1.60. The first-order valence-corrected chi connectivity index (χ1v) is 7.99. The molecule has 0 bridgehead atoms. The van der Waals surface area contributed by atoms with Gasteiger partial charge in [-0.05, 0) is 30.2 Å². The predicted molar refractivity (Wildman–Crippen MR) is 97.0 cm³/mol. The Hall–Kier alpha value is -3.59. The molecule has 0 fully saturated rings. The highest BCUT2D eigenvalue weighted by atomic mass is 16.5. The van der Waals surface area contributed by atoms with Gasteiger partial charge in [-0.2, -0.15) is 5.26 Å². The van der Waals surface area contributed by atoms with Gasteiger partial charge in [-0.25, -0.2) is 4.79 Å². The van der Waals surface area contributed by atoms with E-state index in [1.54, 1.807) is 25.1 Å². The second kappa shape index (κ2) is 9.04. The van der Waals surface area contributed by atoms with Crippen molar-refractivity contribution >= 4 is 23.1 Å². The number of carbonyl (C=O) groups is 2. The molecule has 0 spiro atoms. The maximum atomic E-state index is 12.1. The number of amides is 1. The second-order valence-corrected chi connectivity index (χ2v) is 5.34. The number of hydrogen-bond acceptors (Lipinski definition) is 5. The van der Waals surface area contributed by atoms with Crippen LogP contribution in [0.5, 0.6) is 0 Å². The zero-order valence-electron chi connectivity index (χ0n) is 14.2. The summed E-state index contributed by atoms with van der Waals surface area (Å²) in [6, 6.07) is 17.4. The SMILES string of the molecule is CCOC(=O)C(O)=C(C#N)c1ccc(NC(=O)Cc2ccccc2)cc1. The van der Waals surface area contributed by atoms with Crippen LogP contribution in [0.4, 0.5) is 5.69 Å². The minimum atomic E-state index is -0.954. The number of carbonyl (C=O) groups excluding carboxylic acids is 2. The van der Waals surface area contributed by atoms with Crippen LogP contribution in [0.3, 0.4) is 0 Å². The molecule has 1 amide bonds. The highest BCUT2D eigenvalue weighted by Crippen LogP contribution is 2.20. The third kappa shape index (κ3) is 4.95. The average molecular weight is 350 g/mol. The van der Waals surface area contributed by atoms with Gasteiger partial charge in [-0.3, -0.25) is 4.79 Å². The summed E-state index contributed by atoms with van der Waals surface area (Å²) in [5.74, 6) is -1.87. The Morgan fingerprint density at radius 2 is 1.77 bits per heavy atom. The van der Waals surface area contributed by atoms with Crippen LogP contribution in [-0.4, -0.2) is 23.6 Å². The molecule has 132 valence electrons. The lowest BCUT2D eigenvalue weighted by molar-refractivity contribution is -0.141. The highest BCUT2D eigenvalue weighted by molar-refractivity contribution is 5.99. The summed E-state index contributed by atoms with van der Waals surface area (Å²) in [5, 5.41) is 21.8. The van der Waals surface area contributed by atoms with Crippen molar-refractivity contribution in [2.75, 3.05) is 11.9 Å². The van der Waals surface area contributed by atoms with Crippen molar-refractivity contribution in [1.29, 1.82) is 5.26 Å². The first-order chi connectivity index (χ1) is 12.5. The van der Waals surface area contributed by atoms with Gasteiger partial charge in [0.25, 0.3) is 0 Å². The molecule has 0 aliphatic heterocycles. The van der Waals surface area contributed by atoms with Gasteiger partial charge < -0.3 is 15.2 Å². The number of nitrogens with zero attached hydrogens (tertiary/aromatic N) is 1. The fourth-order valence-electron chi connectivity index (χ4n) is 2.26. The number of ether oxygens (including phenoxy) is 1. The lowest BCUT2D eigenvalue weighted by Crippen LogP contribution is -2.14. The van der Waals surface area contributed by atoms with Gasteiger partial charge in [0.1, 0.15) is 11.6 Å². The fraction of sp³-hybridized carbons (Fsp3) is 0.150. The molecule has 0 aromatic heterocycles. The molecule has 26 heavy (non-hydrogen) atoms. The number of benzene rings is 2. The Morgan fingerprint density at radius 3 is 2.35 bits per heavy atom. The second-order valence-electron chi connectivity index (χ2n) is 5.34. The molecule has 0 saturated carbocycles. The summed E-state index contributed by atoms with van der Waals surface area (Å²) >= 11 is 0. The predicted octanol–water partition coefficient (Wildman–Crippen LogP) is 3.22. The van der Waals surface area contributed by atoms with Crippen molar-refractivity contribution in [2.45, 2.75) is 13.3 Å². The molecule has 6 heteroatoms. The maximum Gasteiger partial charge on any atom is 0.374 e. The van der Waals surface area contributed by atoms with E-state index in [9.17, 15) is 20.0 Å². The lowest BCUT2D eigenvalue weighted by Gasteiger charge is -2.07. The molecule has 2 aromatic carbocycles. The summed E-state index contributed by atoms with van der Waals surface area (Å²) in [6.07, 6.45) is 0.246. The van der Waals surface area contributed by atoms with E-state index in [1.807, 2.05) is 30.3 Å². The lowest BCUT2D eigenvalue weighted by atomic mass is 10.1. The number of hydrogen-bond donors (Lipinski definition) is 2. The molecule has 2 aromatic rings. The van der Waals surface area contributed by atoms with E-state index in [-0.39, 0.29) is 24.5 Å². The zero-order chi connectivity index (χ0) is 18.9. The number of aliphatic hydroxyl groups excluding tert-OH is 1. The number of rotatable bonds is 6. The third-order valence-corrected chi connectivity index (χ3v) is 3.48. The topological polar surface area (TPSA) is 99.4 Å². The molecule has 0 radical (unpaired) electrons. The molecule has 0 aliphatic carbocycles. The van der Waals surface area contributed by atoms with Crippen molar-refractivity contribution in [3.63, 3.8) is 0 Å². The zero-order valence-corrected chi connectivity index (χ0v) is 14.2. The molecule has 0 aliphatic rings. The average Bonchev–Trinajstić information content (AvgIpc) is 2.64. The number of nitrogens with one attached hydrogen (secondary N) is 1. The minimum Gasteiger partial charge on any atom is -0.501 e. The van der Waals surface area contributed by atoms with Crippen LogP contribution < -0.4 is 5.32 Å². The normalized spacial score (nSPS) is 11.1. The summed E-state index contributed by atoms with van der Waals surface area (Å²) in [4.78, 5) is 23.6. The smallest absolute Gasteiger partial charge is 0.374 e. The van der Waals surface area contributed by atoms with Crippen molar-refractivity contribution in [2.24, 2.45) is 0 Å². The van der Waals surface area contributed by atoms with Gasteiger partial charge in [-0.1, -0.05) is 42.5 Å². The van der Waals surface area contributed by atoms with Gasteiger partial charge in [-0.15, -0.1) is 0 Å². The molecule has 2 N–H and O–H groups in total. The first-order valence-electron chi connectivity index (χ1n) is 7.99. The Morgan fingerprint density at radius 1 is 1.12 bits per heavy atom. The molecule has 0 heterocycles. The summed E-state index contributed by atoms with van der Waals surface area (Å²) < 4.78 is 4.69. The van der Waals surface area contributed by atoms with Crippen molar-refractivity contribution in [3.05, 3.63) is 71.5 Å². The molecular formula is C20H18N2O4. The van der Waals surface area contributed by atoms with Gasteiger partial charge in [0.15, 0.2) is 0 Å². The largest absolute Gasteiger partial charge is 0.501 e. The van der Waals surface area contributed by atoms with E-state index in [0.717, 1.165) is 5.56 Å². The quantitative estimate of drug-likeness (QED) is 0.361. The Bertz CT molecular complexity index is 850. The van der Waals surface area contributed by atoms with Crippen LogP contribution in [0.25, 0.3) is 5.57 Å². The van der Waals surface area contributed by atoms with E-state index in [2.05, 4.69) is 10.1 Å².